The zero-order chi connectivity index (χ0) is 15.3. The van der Waals surface area contributed by atoms with Crippen LogP contribution in [0.5, 0.6) is 0 Å². The van der Waals surface area contributed by atoms with E-state index in [1.54, 1.807) is 14.2 Å². The average Bonchev–Trinajstić information content (AvgIpc) is 2.84. The number of carboxylic acid groups (broad SMARTS) is 1. The normalized spacial score (nSPS) is 16.6. The van der Waals surface area contributed by atoms with E-state index >= 15 is 0 Å². The first kappa shape index (κ1) is 19.3. The van der Waals surface area contributed by atoms with E-state index in [0.717, 1.165) is 6.61 Å². The lowest BCUT2D eigenvalue weighted by atomic mass is 10.4. The summed E-state index contributed by atoms with van der Waals surface area (Å²) in [7, 11) is 5.66. The molecule has 1 fully saturated rings. The standard InChI is InChI=1S/C8H18NO.C6H12O4/c1-9(7-8-10-2)5-3-4-6-9;1-9-4-5-10-3-2-6(7)8/h3-8H2,1-2H3;2-5H2,1H3,(H,7,8)/q+1;/p-1. The lowest BCUT2D eigenvalue weighted by molar-refractivity contribution is -0.897. The van der Waals surface area contributed by atoms with E-state index in [1.165, 1.54) is 37.0 Å². The van der Waals surface area contributed by atoms with Crippen LogP contribution in [0.2, 0.25) is 0 Å². The van der Waals surface area contributed by atoms with Crippen molar-refractivity contribution in [2.24, 2.45) is 0 Å². The minimum Gasteiger partial charge on any atom is -0.550 e. The summed E-state index contributed by atoms with van der Waals surface area (Å²) < 4.78 is 15.8. The monoisotopic (exact) mass is 291 g/mol. The molecule has 0 spiro atoms. The fourth-order valence-electron chi connectivity index (χ4n) is 2.03. The van der Waals surface area contributed by atoms with Crippen LogP contribution in [0.4, 0.5) is 0 Å². The fourth-order valence-corrected chi connectivity index (χ4v) is 2.03. The van der Waals surface area contributed by atoms with E-state index in [2.05, 4.69) is 11.8 Å². The number of nitrogens with zero attached hydrogens (tertiary/aromatic N) is 1. The molecular weight excluding hydrogens is 262 g/mol. The van der Waals surface area contributed by atoms with Crippen molar-refractivity contribution in [2.75, 3.05) is 67.3 Å². The molecule has 1 heterocycles. The Morgan fingerprint density at radius 1 is 1.05 bits per heavy atom. The van der Waals surface area contributed by atoms with Gasteiger partial charge in [0.2, 0.25) is 0 Å². The molecule has 1 rings (SSSR count). The molecule has 0 aromatic heterocycles. The van der Waals surface area contributed by atoms with Crippen molar-refractivity contribution in [1.29, 1.82) is 0 Å². The third-order valence-electron chi connectivity index (χ3n) is 3.36. The first-order chi connectivity index (χ1) is 9.54. The van der Waals surface area contributed by atoms with Crippen molar-refractivity contribution in [3.63, 3.8) is 0 Å². The van der Waals surface area contributed by atoms with Crippen LogP contribution >= 0.6 is 0 Å². The van der Waals surface area contributed by atoms with Gasteiger partial charge in [0.15, 0.2) is 0 Å². The first-order valence-corrected chi connectivity index (χ1v) is 7.13. The number of carbonyl (C=O) groups is 1. The van der Waals surface area contributed by atoms with Gasteiger partial charge in [0.25, 0.3) is 0 Å². The molecule has 1 saturated heterocycles. The minimum atomic E-state index is -1.09. The highest BCUT2D eigenvalue weighted by atomic mass is 16.5. The van der Waals surface area contributed by atoms with Gasteiger partial charge in [-0.1, -0.05) is 0 Å². The van der Waals surface area contributed by atoms with Gasteiger partial charge in [-0.15, -0.1) is 0 Å². The smallest absolute Gasteiger partial charge is 0.102 e. The van der Waals surface area contributed by atoms with Crippen LogP contribution in [0.1, 0.15) is 19.3 Å². The second-order valence-electron chi connectivity index (χ2n) is 5.22. The Labute approximate surface area is 122 Å². The molecule has 0 N–H and O–H groups in total. The summed E-state index contributed by atoms with van der Waals surface area (Å²) in [6.45, 7) is 5.93. The Morgan fingerprint density at radius 3 is 2.15 bits per heavy atom. The molecule has 1 aliphatic heterocycles. The topological polar surface area (TPSA) is 67.8 Å². The van der Waals surface area contributed by atoms with Gasteiger partial charge in [-0.25, -0.2) is 0 Å². The molecule has 6 nitrogen and oxygen atoms in total. The molecule has 1 aliphatic rings. The molecule has 0 unspecified atom stereocenters. The minimum absolute atomic E-state index is 0.0519. The number of aliphatic carboxylic acids is 1. The van der Waals surface area contributed by atoms with E-state index in [-0.39, 0.29) is 13.0 Å². The van der Waals surface area contributed by atoms with Gasteiger partial charge in [-0.3, -0.25) is 0 Å². The highest BCUT2D eigenvalue weighted by molar-refractivity contribution is 5.64. The van der Waals surface area contributed by atoms with Gasteiger partial charge in [0.05, 0.1) is 46.6 Å². The number of rotatable bonds is 9. The first-order valence-electron chi connectivity index (χ1n) is 7.13. The number of likely N-dealkylation sites (N-methyl/N-ethyl adjacent to an activating group) is 1. The number of hydrogen-bond acceptors (Lipinski definition) is 5. The second-order valence-corrected chi connectivity index (χ2v) is 5.22. The quantitative estimate of drug-likeness (QED) is 0.429. The van der Waals surface area contributed by atoms with E-state index < -0.39 is 5.97 Å². The average molecular weight is 291 g/mol. The number of carboxylic acids is 1. The highest BCUT2D eigenvalue weighted by Gasteiger charge is 2.25. The second kappa shape index (κ2) is 12.1. The maximum Gasteiger partial charge on any atom is 0.102 e. The summed E-state index contributed by atoms with van der Waals surface area (Å²) in [6.07, 6.45) is 2.75. The lowest BCUT2D eigenvalue weighted by Gasteiger charge is -2.28. The van der Waals surface area contributed by atoms with Crippen LogP contribution in [0, 0.1) is 0 Å². The van der Waals surface area contributed by atoms with E-state index in [9.17, 15) is 9.90 Å². The van der Waals surface area contributed by atoms with Gasteiger partial charge < -0.3 is 28.6 Å². The van der Waals surface area contributed by atoms with Crippen molar-refractivity contribution in [1.82, 2.24) is 0 Å². The van der Waals surface area contributed by atoms with Gasteiger partial charge in [0, 0.05) is 39.5 Å². The number of likely N-dealkylation sites (tertiary alicyclic amines) is 1. The Hall–Kier alpha value is -0.690. The molecular formula is C14H29NO5. The Morgan fingerprint density at radius 2 is 1.65 bits per heavy atom. The van der Waals surface area contributed by atoms with Crippen LogP contribution < -0.4 is 5.11 Å². The summed E-state index contributed by atoms with van der Waals surface area (Å²) in [5, 5.41) is 9.81. The van der Waals surface area contributed by atoms with E-state index in [4.69, 9.17) is 9.47 Å². The van der Waals surface area contributed by atoms with Crippen LogP contribution in [0.15, 0.2) is 0 Å². The summed E-state index contributed by atoms with van der Waals surface area (Å²) in [5.74, 6) is -1.09. The highest BCUT2D eigenvalue weighted by Crippen LogP contribution is 2.15. The molecule has 0 atom stereocenters. The number of methoxy groups -OCH3 is 2. The van der Waals surface area contributed by atoms with Gasteiger partial charge in [-0.2, -0.15) is 0 Å². The van der Waals surface area contributed by atoms with Gasteiger partial charge in [0.1, 0.15) is 6.54 Å². The number of hydrogen-bond donors (Lipinski definition) is 0. The van der Waals surface area contributed by atoms with Crippen molar-refractivity contribution >= 4 is 5.97 Å². The molecule has 0 radical (unpaired) electrons. The SMILES string of the molecule is COCCOCCC(=O)[O-].COCC[N+]1(C)CCCC1. The third-order valence-corrected chi connectivity index (χ3v) is 3.36. The summed E-state index contributed by atoms with van der Waals surface area (Å²) in [4.78, 5) is 9.81. The van der Waals surface area contributed by atoms with Crippen LogP contribution in [-0.4, -0.2) is 77.8 Å². The third kappa shape index (κ3) is 11.2. The van der Waals surface area contributed by atoms with Gasteiger partial charge >= 0.3 is 0 Å². The summed E-state index contributed by atoms with van der Waals surface area (Å²) in [5.41, 5.74) is 0. The molecule has 0 aromatic carbocycles. The predicted molar refractivity (Wildman–Crippen MR) is 74.2 cm³/mol. The summed E-state index contributed by atoms with van der Waals surface area (Å²) >= 11 is 0. The number of quaternary nitrogens is 1. The summed E-state index contributed by atoms with van der Waals surface area (Å²) in [6, 6.07) is 0. The van der Waals surface area contributed by atoms with Crippen molar-refractivity contribution in [2.45, 2.75) is 19.3 Å². The van der Waals surface area contributed by atoms with E-state index in [1.807, 2.05) is 0 Å². The number of carbonyl (C=O) groups excluding carboxylic acids is 1. The molecule has 0 amide bonds. The molecule has 0 bridgehead atoms. The Kier molecular flexibility index (Phi) is 11.7. The number of ether oxygens (including phenoxy) is 3. The van der Waals surface area contributed by atoms with Crippen LogP contribution in [-0.2, 0) is 19.0 Å². The zero-order valence-corrected chi connectivity index (χ0v) is 13.1. The van der Waals surface area contributed by atoms with Gasteiger partial charge in [-0.05, 0) is 0 Å². The Bertz CT molecular complexity index is 242. The van der Waals surface area contributed by atoms with Crippen molar-refractivity contribution < 1.29 is 28.6 Å². The molecule has 0 aliphatic carbocycles. The zero-order valence-electron chi connectivity index (χ0n) is 13.1. The largest absolute Gasteiger partial charge is 0.550 e. The molecule has 120 valence electrons. The predicted octanol–water partition coefficient (Wildman–Crippen LogP) is -0.337. The fraction of sp³-hybridized carbons (Fsp3) is 0.929. The lowest BCUT2D eigenvalue weighted by Crippen LogP contribution is -2.43. The molecule has 6 heteroatoms. The maximum atomic E-state index is 9.81. The van der Waals surface area contributed by atoms with Crippen molar-refractivity contribution in [3.8, 4) is 0 Å². The molecule has 20 heavy (non-hydrogen) atoms. The van der Waals surface area contributed by atoms with Crippen LogP contribution in [0.3, 0.4) is 0 Å². The molecule has 0 aromatic rings. The molecule has 0 saturated carbocycles. The van der Waals surface area contributed by atoms with E-state index in [0.29, 0.717) is 13.2 Å². The van der Waals surface area contributed by atoms with Crippen molar-refractivity contribution in [3.05, 3.63) is 0 Å². The van der Waals surface area contributed by atoms with Crippen LogP contribution in [0.25, 0.3) is 0 Å². The Balaban J connectivity index is 0.000000361. The maximum absolute atomic E-state index is 9.81.